The monoisotopic (exact) mass is 385 g/mol. The minimum absolute atomic E-state index is 0.0547. The lowest BCUT2D eigenvalue weighted by Gasteiger charge is -2.03. The van der Waals surface area contributed by atoms with E-state index in [1.165, 1.54) is 23.9 Å². The molecule has 28 heavy (non-hydrogen) atoms. The van der Waals surface area contributed by atoms with E-state index < -0.39 is 0 Å². The van der Waals surface area contributed by atoms with E-state index in [4.69, 9.17) is 0 Å². The number of para-hydroxylation sites is 1. The van der Waals surface area contributed by atoms with Gasteiger partial charge in [-0.05, 0) is 61.0 Å². The quantitative estimate of drug-likeness (QED) is 0.394. The van der Waals surface area contributed by atoms with E-state index in [1.54, 1.807) is 12.1 Å². The summed E-state index contributed by atoms with van der Waals surface area (Å²) in [6.45, 7) is 1.99. The third kappa shape index (κ3) is 2.77. The lowest BCUT2D eigenvalue weighted by atomic mass is 10.0. The zero-order valence-corrected chi connectivity index (χ0v) is 15.9. The predicted octanol–water partition coefficient (Wildman–Crippen LogP) is 6.61. The Bertz CT molecular complexity index is 1270. The summed E-state index contributed by atoms with van der Waals surface area (Å²) in [5.41, 5.74) is 5.54. The van der Waals surface area contributed by atoms with Crippen LogP contribution in [0.1, 0.15) is 21.5 Å². The zero-order valence-electron chi connectivity index (χ0n) is 15.1. The molecule has 4 aromatic rings. The molecule has 0 atom stereocenters. The topological polar surface area (TPSA) is 32.9 Å². The van der Waals surface area contributed by atoms with Crippen molar-refractivity contribution in [2.24, 2.45) is 0 Å². The number of halogens is 1. The number of H-pyrrole nitrogens is 1. The Hall–Kier alpha value is -3.11. The third-order valence-corrected chi connectivity index (χ3v) is 6.08. The van der Waals surface area contributed by atoms with Crippen molar-refractivity contribution < 1.29 is 9.18 Å². The van der Waals surface area contributed by atoms with Crippen LogP contribution in [0.25, 0.3) is 28.2 Å². The van der Waals surface area contributed by atoms with Crippen molar-refractivity contribution in [2.45, 2.75) is 11.8 Å². The average Bonchev–Trinajstić information content (AvgIpc) is 3.21. The van der Waals surface area contributed by atoms with Crippen molar-refractivity contribution in [1.82, 2.24) is 4.98 Å². The summed E-state index contributed by atoms with van der Waals surface area (Å²) in [5.74, 6) is -0.217. The van der Waals surface area contributed by atoms with Crippen molar-refractivity contribution in [2.75, 3.05) is 0 Å². The molecule has 0 saturated carbocycles. The van der Waals surface area contributed by atoms with Crippen molar-refractivity contribution >= 4 is 34.5 Å². The summed E-state index contributed by atoms with van der Waals surface area (Å²) in [4.78, 5) is 18.1. The molecule has 1 N–H and O–H groups in total. The molecule has 2 heterocycles. The highest BCUT2D eigenvalue weighted by atomic mass is 32.2. The first-order valence-electron chi connectivity index (χ1n) is 9.02. The second-order valence-electron chi connectivity index (χ2n) is 6.91. The van der Waals surface area contributed by atoms with Crippen LogP contribution in [-0.2, 0) is 0 Å². The number of aromatic nitrogens is 1. The Labute approximate surface area is 166 Å². The summed E-state index contributed by atoms with van der Waals surface area (Å²) in [7, 11) is 0. The molecule has 0 bridgehead atoms. The molecule has 0 amide bonds. The fourth-order valence-electron chi connectivity index (χ4n) is 3.59. The fraction of sp³-hybridized carbons (Fsp3) is 0.0417. The van der Waals surface area contributed by atoms with Gasteiger partial charge in [-0.15, -0.1) is 0 Å². The van der Waals surface area contributed by atoms with E-state index in [-0.39, 0.29) is 11.6 Å². The van der Waals surface area contributed by atoms with Crippen LogP contribution in [0, 0.1) is 12.7 Å². The van der Waals surface area contributed by atoms with Gasteiger partial charge in [0.25, 0.3) is 0 Å². The number of hydrogen-bond donors (Lipinski definition) is 1. The summed E-state index contributed by atoms with van der Waals surface area (Å²) in [6.07, 6.45) is 1.96. The Balaban J connectivity index is 1.69. The van der Waals surface area contributed by atoms with Gasteiger partial charge in [-0.25, -0.2) is 4.39 Å². The Morgan fingerprint density at radius 3 is 2.61 bits per heavy atom. The molecule has 0 aliphatic carbocycles. The molecule has 5 rings (SSSR count). The van der Waals surface area contributed by atoms with E-state index in [0.29, 0.717) is 4.91 Å². The number of nitrogens with one attached hydrogen (secondary N) is 1. The van der Waals surface area contributed by atoms with Crippen LogP contribution in [0.2, 0.25) is 0 Å². The van der Waals surface area contributed by atoms with Gasteiger partial charge in [0.1, 0.15) is 5.82 Å². The number of ketones is 1. The minimum atomic E-state index is -0.271. The highest BCUT2D eigenvalue weighted by molar-refractivity contribution is 8.04. The number of allylic oxidation sites excluding steroid dienone is 1. The molecule has 0 unspecified atom stereocenters. The van der Waals surface area contributed by atoms with E-state index in [1.807, 2.05) is 55.5 Å². The molecule has 1 aliphatic rings. The molecule has 0 fully saturated rings. The van der Waals surface area contributed by atoms with Gasteiger partial charge in [-0.1, -0.05) is 41.6 Å². The fourth-order valence-corrected chi connectivity index (χ4v) is 4.61. The van der Waals surface area contributed by atoms with Gasteiger partial charge in [0.15, 0.2) is 0 Å². The molecule has 136 valence electrons. The van der Waals surface area contributed by atoms with Gasteiger partial charge in [0.05, 0.1) is 10.6 Å². The van der Waals surface area contributed by atoms with Crippen molar-refractivity contribution in [3.05, 3.63) is 94.1 Å². The number of carbonyl (C=O) groups excluding carboxylic acids is 1. The lowest BCUT2D eigenvalue weighted by Crippen LogP contribution is -1.95. The third-order valence-electron chi connectivity index (χ3n) is 4.98. The van der Waals surface area contributed by atoms with Crippen LogP contribution in [0.3, 0.4) is 0 Å². The van der Waals surface area contributed by atoms with Crippen molar-refractivity contribution in [3.63, 3.8) is 0 Å². The summed E-state index contributed by atoms with van der Waals surface area (Å²) in [6, 6.07) is 20.4. The van der Waals surface area contributed by atoms with Gasteiger partial charge in [0, 0.05) is 26.9 Å². The summed E-state index contributed by atoms with van der Waals surface area (Å²) >= 11 is 1.50. The number of benzene rings is 3. The van der Waals surface area contributed by atoms with Crippen LogP contribution < -0.4 is 0 Å². The largest absolute Gasteiger partial charge is 0.354 e. The molecule has 2 nitrogen and oxygen atoms in total. The number of hydrogen-bond acceptors (Lipinski definition) is 2. The average molecular weight is 385 g/mol. The number of rotatable bonds is 2. The normalized spacial score (nSPS) is 14.8. The van der Waals surface area contributed by atoms with Gasteiger partial charge in [-0.2, -0.15) is 0 Å². The molecule has 1 aromatic heterocycles. The molecule has 0 spiro atoms. The number of carbonyl (C=O) groups is 1. The van der Waals surface area contributed by atoms with E-state index in [0.717, 1.165) is 43.7 Å². The number of Topliss-reactive ketones (excluding diaryl/α,β-unsaturated/α-hetero) is 1. The van der Waals surface area contributed by atoms with Crippen LogP contribution in [0.5, 0.6) is 0 Å². The smallest absolute Gasteiger partial charge is 0.200 e. The van der Waals surface area contributed by atoms with E-state index >= 15 is 0 Å². The zero-order chi connectivity index (χ0) is 19.3. The molecular weight excluding hydrogens is 369 g/mol. The Morgan fingerprint density at radius 2 is 1.79 bits per heavy atom. The van der Waals surface area contributed by atoms with Crippen molar-refractivity contribution in [1.29, 1.82) is 0 Å². The highest BCUT2D eigenvalue weighted by Gasteiger charge is 2.26. The first-order chi connectivity index (χ1) is 13.6. The number of fused-ring (bicyclic) bond motifs is 2. The van der Waals surface area contributed by atoms with Crippen molar-refractivity contribution in [3.8, 4) is 11.3 Å². The van der Waals surface area contributed by atoms with Crippen LogP contribution in [0.15, 0.2) is 76.5 Å². The molecule has 3 aromatic carbocycles. The van der Waals surface area contributed by atoms with E-state index in [9.17, 15) is 9.18 Å². The standard InChI is InChI=1S/C24H16FNOS/c1-14-6-11-21-19(12-14)24(27)22(28-21)13-18-17-4-2-3-5-20(17)26-23(18)15-7-9-16(25)10-8-15/h2-13,26H,1H3/b22-13-. The predicted molar refractivity (Wildman–Crippen MR) is 113 cm³/mol. The first-order valence-corrected chi connectivity index (χ1v) is 9.83. The van der Waals surface area contributed by atoms with Crippen LogP contribution in [-0.4, -0.2) is 10.8 Å². The maximum atomic E-state index is 13.4. The van der Waals surface area contributed by atoms with E-state index in [2.05, 4.69) is 4.98 Å². The van der Waals surface area contributed by atoms with Gasteiger partial charge < -0.3 is 4.98 Å². The second-order valence-corrected chi connectivity index (χ2v) is 7.99. The number of thioether (sulfide) groups is 1. The minimum Gasteiger partial charge on any atom is -0.354 e. The van der Waals surface area contributed by atoms with Gasteiger partial charge >= 0.3 is 0 Å². The Morgan fingerprint density at radius 1 is 1.00 bits per heavy atom. The molecule has 1 aliphatic heterocycles. The second kappa shape index (κ2) is 6.50. The van der Waals surface area contributed by atoms with Crippen LogP contribution >= 0.6 is 11.8 Å². The lowest BCUT2D eigenvalue weighted by molar-refractivity contribution is 0.104. The molecule has 0 radical (unpaired) electrons. The van der Waals surface area contributed by atoms with Crippen LogP contribution in [0.4, 0.5) is 4.39 Å². The maximum Gasteiger partial charge on any atom is 0.200 e. The molecule has 4 heteroatoms. The van der Waals surface area contributed by atoms with Gasteiger partial charge in [-0.3, -0.25) is 4.79 Å². The SMILES string of the molecule is Cc1ccc2c(c1)C(=O)/C(=C/c1c(-c3ccc(F)cc3)[nH]c3ccccc13)S2. The van der Waals surface area contributed by atoms with Gasteiger partial charge in [0.2, 0.25) is 5.78 Å². The molecule has 0 saturated heterocycles. The summed E-state index contributed by atoms with van der Waals surface area (Å²) < 4.78 is 13.4. The number of aryl methyl sites for hydroxylation is 1. The summed E-state index contributed by atoms with van der Waals surface area (Å²) in [5, 5.41) is 1.04. The molecular formula is C24H16FNOS. The maximum absolute atomic E-state index is 13.4. The Kier molecular flexibility index (Phi) is 3.95. The first kappa shape index (κ1) is 17.0. The highest BCUT2D eigenvalue weighted by Crippen LogP contribution is 2.43. The number of aromatic amines is 1.